The number of hydrogen-bond acceptors (Lipinski definition) is 3. The summed E-state index contributed by atoms with van der Waals surface area (Å²) in [6.07, 6.45) is 0. The Morgan fingerprint density at radius 3 is 2.27 bits per heavy atom. The van der Waals surface area contributed by atoms with Crippen LogP contribution in [-0.2, 0) is 4.79 Å². The van der Waals surface area contributed by atoms with Gasteiger partial charge in [0, 0.05) is 12.1 Å². The Bertz CT molecular complexity index is 235. The fraction of sp³-hybridized carbons (Fsp3) is 0.800. The lowest BCUT2D eigenvalue weighted by Gasteiger charge is -2.24. The molecule has 0 spiro atoms. The Kier molecular flexibility index (Phi) is 5.75. The minimum atomic E-state index is -0.195. The first-order valence-corrected chi connectivity index (χ1v) is 5.47. The Hall–Kier alpha value is -0.680. The van der Waals surface area contributed by atoms with E-state index in [-0.39, 0.29) is 11.4 Å². The van der Waals surface area contributed by atoms with Crippen molar-refractivity contribution < 1.29 is 4.79 Å². The Balaban J connectivity index is 4.07. The molecule has 0 heterocycles. The number of hydrogen-bond donors (Lipinski definition) is 2. The van der Waals surface area contributed by atoms with Crippen molar-refractivity contribution in [3.05, 3.63) is 0 Å². The molecule has 4 nitrogen and oxygen atoms in total. The first-order chi connectivity index (χ1) is 6.74. The molecule has 0 aliphatic carbocycles. The average molecular weight is 231 g/mol. The van der Waals surface area contributed by atoms with E-state index in [1.807, 2.05) is 32.6 Å². The van der Waals surface area contributed by atoms with Crippen LogP contribution in [0.3, 0.4) is 0 Å². The van der Waals surface area contributed by atoms with E-state index in [0.29, 0.717) is 18.1 Å². The van der Waals surface area contributed by atoms with Gasteiger partial charge in [0.1, 0.15) is 0 Å². The van der Waals surface area contributed by atoms with E-state index in [9.17, 15) is 4.79 Å². The van der Waals surface area contributed by atoms with Crippen LogP contribution in [0.5, 0.6) is 0 Å². The predicted molar refractivity (Wildman–Crippen MR) is 66.8 cm³/mol. The van der Waals surface area contributed by atoms with Gasteiger partial charge in [0.25, 0.3) is 0 Å². The molecule has 0 fully saturated rings. The molecule has 0 radical (unpaired) electrons. The van der Waals surface area contributed by atoms with Gasteiger partial charge in [-0.15, -0.1) is 0 Å². The van der Waals surface area contributed by atoms with E-state index < -0.39 is 0 Å². The number of nitrogens with two attached hydrogens (primary N) is 1. The first-order valence-electron chi connectivity index (χ1n) is 5.06. The summed E-state index contributed by atoms with van der Waals surface area (Å²) in [5, 5.41) is 2.89. The number of nitrogens with zero attached hydrogens (tertiary/aromatic N) is 1. The molecule has 0 saturated heterocycles. The third kappa shape index (κ3) is 8.32. The van der Waals surface area contributed by atoms with Crippen LogP contribution >= 0.6 is 12.2 Å². The second-order valence-electron chi connectivity index (χ2n) is 4.57. The summed E-state index contributed by atoms with van der Waals surface area (Å²) in [4.78, 5) is 13.9. The summed E-state index contributed by atoms with van der Waals surface area (Å²) in [6.45, 7) is 9.42. The van der Waals surface area contributed by atoms with Gasteiger partial charge < -0.3 is 11.1 Å². The summed E-state index contributed by atoms with van der Waals surface area (Å²) in [5.74, 6) is 0.000556. The van der Waals surface area contributed by atoms with Crippen LogP contribution in [0.4, 0.5) is 0 Å². The summed E-state index contributed by atoms with van der Waals surface area (Å²) in [5.41, 5.74) is 5.24. The minimum absolute atomic E-state index is 0.000556. The highest BCUT2D eigenvalue weighted by molar-refractivity contribution is 7.80. The fourth-order valence-electron chi connectivity index (χ4n) is 1.16. The Morgan fingerprint density at radius 2 is 1.93 bits per heavy atom. The lowest BCUT2D eigenvalue weighted by Crippen LogP contribution is -2.47. The van der Waals surface area contributed by atoms with Crippen LogP contribution in [-0.4, -0.2) is 41.0 Å². The molecule has 15 heavy (non-hydrogen) atoms. The summed E-state index contributed by atoms with van der Waals surface area (Å²) < 4.78 is 0. The number of likely N-dealkylation sites (N-methyl/N-ethyl adjacent to an activating group) is 1. The highest BCUT2D eigenvalue weighted by atomic mass is 32.1. The van der Waals surface area contributed by atoms with Crippen molar-refractivity contribution in [3.63, 3.8) is 0 Å². The van der Waals surface area contributed by atoms with Gasteiger partial charge in [-0.2, -0.15) is 0 Å². The largest absolute Gasteiger partial charge is 0.392 e. The molecule has 0 aromatic heterocycles. The van der Waals surface area contributed by atoms with Gasteiger partial charge in [-0.3, -0.25) is 9.69 Å². The molecule has 0 rings (SSSR count). The van der Waals surface area contributed by atoms with Gasteiger partial charge in [-0.1, -0.05) is 19.1 Å². The zero-order valence-corrected chi connectivity index (χ0v) is 10.8. The van der Waals surface area contributed by atoms with E-state index >= 15 is 0 Å². The van der Waals surface area contributed by atoms with Gasteiger partial charge in [0.05, 0.1) is 11.5 Å². The zero-order valence-electron chi connectivity index (χ0n) is 9.96. The van der Waals surface area contributed by atoms with Crippen molar-refractivity contribution in [1.29, 1.82) is 0 Å². The highest BCUT2D eigenvalue weighted by Gasteiger charge is 2.16. The van der Waals surface area contributed by atoms with Crippen molar-refractivity contribution in [2.45, 2.75) is 33.2 Å². The number of carbonyl (C=O) groups is 1. The molecule has 5 heteroatoms. The van der Waals surface area contributed by atoms with E-state index in [0.717, 1.165) is 6.54 Å². The number of amides is 1. The quantitative estimate of drug-likeness (QED) is 0.677. The fourth-order valence-corrected chi connectivity index (χ4v) is 1.34. The maximum Gasteiger partial charge on any atom is 0.234 e. The van der Waals surface area contributed by atoms with Gasteiger partial charge in [-0.25, -0.2) is 0 Å². The van der Waals surface area contributed by atoms with Crippen LogP contribution in [0.25, 0.3) is 0 Å². The van der Waals surface area contributed by atoms with Gasteiger partial charge in [0.15, 0.2) is 0 Å². The number of carbonyl (C=O) groups excluding carboxylic acids is 1. The average Bonchev–Trinajstić information content (AvgIpc) is 1.98. The second kappa shape index (κ2) is 6.02. The van der Waals surface area contributed by atoms with Crippen molar-refractivity contribution in [2.75, 3.05) is 19.6 Å². The molecular weight excluding hydrogens is 210 g/mol. The number of rotatable bonds is 5. The Morgan fingerprint density at radius 1 is 1.40 bits per heavy atom. The maximum atomic E-state index is 11.6. The molecule has 0 unspecified atom stereocenters. The van der Waals surface area contributed by atoms with Crippen LogP contribution in [0.15, 0.2) is 0 Å². The minimum Gasteiger partial charge on any atom is -0.392 e. The molecule has 88 valence electrons. The van der Waals surface area contributed by atoms with Crippen LogP contribution in [0.1, 0.15) is 27.7 Å². The Labute approximate surface area is 97.2 Å². The normalized spacial score (nSPS) is 11.5. The molecule has 0 aromatic rings. The van der Waals surface area contributed by atoms with Gasteiger partial charge >= 0.3 is 0 Å². The van der Waals surface area contributed by atoms with Crippen LogP contribution in [0.2, 0.25) is 0 Å². The van der Waals surface area contributed by atoms with Crippen LogP contribution < -0.4 is 11.1 Å². The summed E-state index contributed by atoms with van der Waals surface area (Å²) in [7, 11) is 0. The maximum absolute atomic E-state index is 11.6. The van der Waals surface area contributed by atoms with Gasteiger partial charge in [0.2, 0.25) is 5.91 Å². The van der Waals surface area contributed by atoms with Crippen molar-refractivity contribution >= 4 is 23.1 Å². The van der Waals surface area contributed by atoms with E-state index in [4.69, 9.17) is 18.0 Å². The lowest BCUT2D eigenvalue weighted by atomic mass is 10.1. The summed E-state index contributed by atoms with van der Waals surface area (Å²) in [6, 6.07) is 0. The van der Waals surface area contributed by atoms with Gasteiger partial charge in [-0.05, 0) is 27.3 Å². The SMILES string of the molecule is CCN(CC(=O)NC(C)(C)C)CC(N)=S. The summed E-state index contributed by atoms with van der Waals surface area (Å²) >= 11 is 4.80. The van der Waals surface area contributed by atoms with Crippen molar-refractivity contribution in [1.82, 2.24) is 10.2 Å². The van der Waals surface area contributed by atoms with Crippen molar-refractivity contribution in [2.24, 2.45) is 5.73 Å². The molecule has 0 aromatic carbocycles. The standard InChI is InChI=1S/C10H21N3OS/c1-5-13(6-8(11)15)7-9(14)12-10(2,3)4/h5-7H2,1-4H3,(H2,11,15)(H,12,14). The van der Waals surface area contributed by atoms with Crippen LogP contribution in [0, 0.1) is 0 Å². The first kappa shape index (κ1) is 14.3. The number of thiocarbonyl (C=S) groups is 1. The third-order valence-electron chi connectivity index (χ3n) is 1.71. The molecule has 0 saturated carbocycles. The predicted octanol–water partition coefficient (Wildman–Crippen LogP) is 0.509. The zero-order chi connectivity index (χ0) is 12.1. The molecule has 0 aliphatic heterocycles. The topological polar surface area (TPSA) is 58.4 Å². The second-order valence-corrected chi connectivity index (χ2v) is 5.09. The molecule has 0 aliphatic rings. The smallest absolute Gasteiger partial charge is 0.234 e. The molecule has 0 bridgehead atoms. The van der Waals surface area contributed by atoms with E-state index in [1.165, 1.54) is 0 Å². The highest BCUT2D eigenvalue weighted by Crippen LogP contribution is 1.98. The van der Waals surface area contributed by atoms with E-state index in [1.54, 1.807) is 0 Å². The molecule has 1 amide bonds. The molecular formula is C10H21N3OS. The van der Waals surface area contributed by atoms with E-state index in [2.05, 4.69) is 5.32 Å². The lowest BCUT2D eigenvalue weighted by molar-refractivity contribution is -0.123. The van der Waals surface area contributed by atoms with Crippen molar-refractivity contribution in [3.8, 4) is 0 Å². The molecule has 0 atom stereocenters. The third-order valence-corrected chi connectivity index (χ3v) is 1.84. The monoisotopic (exact) mass is 231 g/mol. The number of nitrogens with one attached hydrogen (secondary N) is 1. The molecule has 3 N–H and O–H groups in total.